The first-order valence-electron chi connectivity index (χ1n) is 32.2. The van der Waals surface area contributed by atoms with Gasteiger partial charge in [-0.1, -0.05) is 138 Å². The van der Waals surface area contributed by atoms with Gasteiger partial charge in [-0.3, -0.25) is 19.2 Å². The minimum absolute atomic E-state index is 0.0944. The number of cyclic esters (lactones) is 1. The lowest BCUT2D eigenvalue weighted by Crippen LogP contribution is -2.68. The standard InChI is InChI=1S/C68H106N6O14Si/c1-17-55-68(13,81)60(77)47(6)72(14)40-43(2)38-66(11,80)62(45(4)59(46(5)63(79)85-55)86-57-39-67(12,82-16)61(78)48(7)84-57)87-64-58(76)54(37-44(3)83-64)73(15)41-49-32-34-50(35-33-49)53-42-74(71-69-53)36-26-20-25-31-56(75)70-88-89(65(8,9)10,51-27-21-18-22-28-51)52-29-23-19-24-30-52/h18-19,21-24,27-30,32-35,42-48,54-55,57-62,64,76-78,80-81H,17,20,25-26,31,36-41H2,1-16H3,(H,70,75)/t43-,44-,45+,46-,47-,48+,54+,55-,57-,58+,59-,60-,61-,62-,64+,66-,67-,68-/m1/s1. The predicted octanol–water partition coefficient (Wildman–Crippen LogP) is 6.90. The topological polar surface area (TPSA) is 249 Å². The van der Waals surface area contributed by atoms with E-state index in [-0.39, 0.29) is 42.2 Å². The quantitative estimate of drug-likeness (QED) is 0.0228. The number of carbonyl (C=O) groups is 2. The number of likely N-dealkylation sites (N-methyl/N-ethyl adjacent to an activating group) is 2. The van der Waals surface area contributed by atoms with E-state index in [9.17, 15) is 35.1 Å². The van der Waals surface area contributed by atoms with Crippen LogP contribution in [0.15, 0.2) is 91.1 Å². The minimum Gasteiger partial charge on any atom is -0.459 e. The maximum Gasteiger partial charge on any atom is 0.311 e. The van der Waals surface area contributed by atoms with Crippen molar-refractivity contribution in [3.63, 3.8) is 0 Å². The Morgan fingerprint density at radius 2 is 1.48 bits per heavy atom. The molecular formula is C68H106N6O14Si. The third-order valence-corrected chi connectivity index (χ3v) is 24.2. The first-order chi connectivity index (χ1) is 41.9. The number of ether oxygens (including phenoxy) is 6. The van der Waals surface area contributed by atoms with E-state index in [2.05, 4.69) is 65.7 Å². The van der Waals surface area contributed by atoms with Gasteiger partial charge in [-0.25, -0.2) is 5.48 Å². The summed E-state index contributed by atoms with van der Waals surface area (Å²) in [6, 6.07) is 27.5. The van der Waals surface area contributed by atoms with Crippen molar-refractivity contribution in [1.82, 2.24) is 30.3 Å². The van der Waals surface area contributed by atoms with Crippen molar-refractivity contribution in [3.8, 4) is 11.3 Å². The lowest BCUT2D eigenvalue weighted by molar-refractivity contribution is -0.318. The highest BCUT2D eigenvalue weighted by atomic mass is 28.4. The number of esters is 1. The predicted molar refractivity (Wildman–Crippen MR) is 343 cm³/mol. The van der Waals surface area contributed by atoms with E-state index in [4.69, 9.17) is 32.9 Å². The van der Waals surface area contributed by atoms with Crippen molar-refractivity contribution in [1.29, 1.82) is 0 Å². The highest BCUT2D eigenvalue weighted by molar-refractivity contribution is 6.99. The Bertz CT molecular complexity index is 2810. The third kappa shape index (κ3) is 17.0. The van der Waals surface area contributed by atoms with Crippen LogP contribution in [0, 0.1) is 17.8 Å². The zero-order valence-electron chi connectivity index (χ0n) is 55.7. The van der Waals surface area contributed by atoms with Gasteiger partial charge in [0.25, 0.3) is 8.32 Å². The summed E-state index contributed by atoms with van der Waals surface area (Å²) in [4.78, 5) is 31.9. The van der Waals surface area contributed by atoms with Crippen LogP contribution in [-0.2, 0) is 55.6 Å². The molecule has 1 aromatic heterocycles. The largest absolute Gasteiger partial charge is 0.459 e. The van der Waals surface area contributed by atoms with E-state index < -0.39 is 110 Å². The molecule has 7 rings (SSSR count). The molecule has 0 saturated carbocycles. The maximum atomic E-state index is 14.6. The van der Waals surface area contributed by atoms with E-state index in [1.54, 1.807) is 41.5 Å². The van der Waals surface area contributed by atoms with Gasteiger partial charge < -0.3 is 63.4 Å². The highest BCUT2D eigenvalue weighted by Gasteiger charge is 2.54. The van der Waals surface area contributed by atoms with Crippen LogP contribution < -0.4 is 15.9 Å². The number of nitrogens with one attached hydrogen (secondary N) is 1. The molecule has 3 fully saturated rings. The summed E-state index contributed by atoms with van der Waals surface area (Å²) >= 11 is 0. The lowest BCUT2D eigenvalue weighted by atomic mass is 9.77. The molecule has 0 unspecified atom stereocenters. The molecule has 3 aromatic carbocycles. The van der Waals surface area contributed by atoms with Gasteiger partial charge in [-0.15, -0.1) is 5.10 Å². The normalized spacial score (nSPS) is 34.1. The van der Waals surface area contributed by atoms with Crippen LogP contribution in [0.5, 0.6) is 0 Å². The lowest BCUT2D eigenvalue weighted by Gasteiger charge is -2.49. The van der Waals surface area contributed by atoms with Crippen LogP contribution in [0.4, 0.5) is 0 Å². The number of unbranched alkanes of at least 4 members (excludes halogenated alkanes) is 2. The molecule has 1 amide bonds. The number of nitrogens with zero attached hydrogens (tertiary/aromatic N) is 5. The van der Waals surface area contributed by atoms with Crippen molar-refractivity contribution in [2.45, 2.75) is 250 Å². The molecule has 18 atom stereocenters. The number of hydrogen-bond acceptors (Lipinski definition) is 18. The van der Waals surface area contributed by atoms with Gasteiger partial charge in [-0.2, -0.15) is 0 Å². The fraction of sp³-hybridized carbons (Fsp3) is 0.676. The first kappa shape index (κ1) is 71.9. The number of aryl methyl sites for hydroxylation is 1. The number of carbonyl (C=O) groups excluding carboxylic acids is 2. The fourth-order valence-electron chi connectivity index (χ4n) is 14.0. The molecule has 20 nitrogen and oxygen atoms in total. The van der Waals surface area contributed by atoms with E-state index in [0.29, 0.717) is 38.9 Å². The Hall–Kier alpha value is -4.56. The van der Waals surface area contributed by atoms with Crippen molar-refractivity contribution in [2.24, 2.45) is 17.8 Å². The number of hydrogen-bond donors (Lipinski definition) is 6. The summed E-state index contributed by atoms with van der Waals surface area (Å²) in [5.41, 5.74) is 0.941. The second-order valence-electron chi connectivity index (χ2n) is 27.8. The molecule has 4 heterocycles. The van der Waals surface area contributed by atoms with Gasteiger partial charge in [0.1, 0.15) is 35.7 Å². The number of aliphatic hydroxyl groups excluding tert-OH is 3. The van der Waals surface area contributed by atoms with Crippen molar-refractivity contribution in [3.05, 3.63) is 96.7 Å². The number of hydroxylamine groups is 1. The molecule has 3 aliphatic heterocycles. The van der Waals surface area contributed by atoms with Gasteiger partial charge in [0.05, 0.1) is 47.7 Å². The van der Waals surface area contributed by atoms with Crippen LogP contribution in [0.3, 0.4) is 0 Å². The summed E-state index contributed by atoms with van der Waals surface area (Å²) in [6.07, 6.45) is -4.63. The Morgan fingerprint density at radius 3 is 2.08 bits per heavy atom. The molecule has 21 heteroatoms. The summed E-state index contributed by atoms with van der Waals surface area (Å²) in [5, 5.41) is 71.0. The molecule has 4 aromatic rings. The summed E-state index contributed by atoms with van der Waals surface area (Å²) in [6.45, 7) is 25.7. The molecule has 6 N–H and O–H groups in total. The Labute approximate surface area is 530 Å². The maximum absolute atomic E-state index is 14.6. The number of rotatable bonds is 20. The second-order valence-corrected chi connectivity index (χ2v) is 32.0. The molecule has 0 aliphatic carbocycles. The molecule has 0 spiro atoms. The third-order valence-electron chi connectivity index (χ3n) is 19.4. The first-order valence-corrected chi connectivity index (χ1v) is 34.1. The number of aromatic nitrogens is 3. The molecule has 0 radical (unpaired) electrons. The SMILES string of the molecule is CC[C@H]1OC(=O)[C@H](C)[C@H](O[C@@H]2C[C@@](C)(OC)[C@H](O)[C@H](C)O2)[C@H](C)[C@@H](O[C@@H]2O[C@H](C)C[C@H](N(C)Cc3ccc(-c4cn(CCCCCC(=O)NO[Si](c5ccccc5)(c5ccccc5)C(C)(C)C)nn4)cc3)[C@@H]2O)[C@](C)(O)C[C@@H](C)CN(C)[C@H](C)[C@@H](O)[C@]1(C)O. The Balaban J connectivity index is 1.01. The van der Waals surface area contributed by atoms with E-state index in [0.717, 1.165) is 40.0 Å². The van der Waals surface area contributed by atoms with Gasteiger partial charge in [-0.05, 0) is 122 Å². The molecular weight excluding hydrogens is 1150 g/mol. The molecule has 3 saturated heterocycles. The monoisotopic (exact) mass is 1260 g/mol. The molecule has 496 valence electrons. The van der Waals surface area contributed by atoms with Crippen molar-refractivity contribution in [2.75, 3.05) is 27.7 Å². The van der Waals surface area contributed by atoms with Crippen molar-refractivity contribution >= 4 is 30.6 Å². The van der Waals surface area contributed by atoms with Crippen LogP contribution in [0.25, 0.3) is 11.3 Å². The Kier molecular flexibility index (Phi) is 24.6. The highest BCUT2D eigenvalue weighted by Crippen LogP contribution is 2.41. The van der Waals surface area contributed by atoms with Crippen LogP contribution in [-0.4, -0.2) is 189 Å². The van der Waals surface area contributed by atoms with Crippen LogP contribution in [0.1, 0.15) is 147 Å². The van der Waals surface area contributed by atoms with Gasteiger partial charge >= 0.3 is 5.97 Å². The zero-order chi connectivity index (χ0) is 65.4. The van der Waals surface area contributed by atoms with Crippen LogP contribution >= 0.6 is 0 Å². The van der Waals surface area contributed by atoms with E-state index in [1.807, 2.05) is 111 Å². The number of aliphatic hydroxyl groups is 5. The van der Waals surface area contributed by atoms with Gasteiger partial charge in [0.2, 0.25) is 5.91 Å². The number of methoxy groups -OCH3 is 1. The average Bonchev–Trinajstić information content (AvgIpc) is 1.22. The van der Waals surface area contributed by atoms with Gasteiger partial charge in [0, 0.05) is 63.2 Å². The fourth-order valence-corrected chi connectivity index (χ4v) is 18.2. The summed E-state index contributed by atoms with van der Waals surface area (Å²) in [5.74, 6) is -2.97. The van der Waals surface area contributed by atoms with E-state index in [1.165, 1.54) is 14.0 Å². The minimum atomic E-state index is -2.92. The van der Waals surface area contributed by atoms with Crippen LogP contribution in [0.2, 0.25) is 5.04 Å². The number of amides is 1. The number of benzene rings is 3. The molecule has 3 aliphatic rings. The van der Waals surface area contributed by atoms with E-state index >= 15 is 0 Å². The Morgan fingerprint density at radius 1 is 0.854 bits per heavy atom. The van der Waals surface area contributed by atoms with Gasteiger partial charge in [0.15, 0.2) is 12.6 Å². The average molecular weight is 1260 g/mol. The smallest absolute Gasteiger partial charge is 0.311 e. The molecule has 89 heavy (non-hydrogen) atoms. The zero-order valence-corrected chi connectivity index (χ0v) is 56.7. The summed E-state index contributed by atoms with van der Waals surface area (Å²) < 4.78 is 47.0. The van der Waals surface area contributed by atoms with Crippen molar-refractivity contribution < 1.29 is 68.1 Å². The second kappa shape index (κ2) is 30.5. The molecule has 0 bridgehead atoms. The summed E-state index contributed by atoms with van der Waals surface area (Å²) in [7, 11) is 2.39.